The molecule has 4 nitrogen and oxygen atoms in total. The quantitative estimate of drug-likeness (QED) is 0.462. The van der Waals surface area contributed by atoms with Crippen LogP contribution in [0.2, 0.25) is 0 Å². The monoisotopic (exact) mass is 388 g/mol. The second kappa shape index (κ2) is 8.22. The molecule has 0 heterocycles. The van der Waals surface area contributed by atoms with Crippen LogP contribution in [0.5, 0.6) is 5.75 Å². The number of ether oxygens (including phenoxy) is 2. The van der Waals surface area contributed by atoms with Gasteiger partial charge in [0.1, 0.15) is 0 Å². The van der Waals surface area contributed by atoms with Crippen LogP contribution in [0.1, 0.15) is 64.2 Å². The number of rotatable bonds is 8. The van der Waals surface area contributed by atoms with Gasteiger partial charge in [-0.25, -0.2) is 4.39 Å². The first kappa shape index (κ1) is 19.4. The van der Waals surface area contributed by atoms with Crippen molar-refractivity contribution >= 4 is 11.9 Å². The zero-order chi connectivity index (χ0) is 19.6. The zero-order valence-electron chi connectivity index (χ0n) is 16.3. The minimum absolute atomic E-state index is 0.0679. The fourth-order valence-corrected chi connectivity index (χ4v) is 6.13. The Morgan fingerprint density at radius 1 is 0.964 bits per heavy atom. The summed E-state index contributed by atoms with van der Waals surface area (Å²) in [5.41, 5.74) is 0.415. The van der Waals surface area contributed by atoms with Crippen molar-refractivity contribution in [2.75, 3.05) is 6.61 Å². The lowest BCUT2D eigenvalue weighted by atomic mass is 9.49. The summed E-state index contributed by atoms with van der Waals surface area (Å²) in [7, 11) is 0. The number of benzene rings is 1. The third kappa shape index (κ3) is 4.56. The standard InChI is InChI=1S/C23H29FO4/c24-19-4-1-2-5-20(19)28-22(26)7-3-6-21(25)27-9-8-23-13-16-10-17(14-23)12-18(11-16)15-23/h1-2,4-5,16-18H,3,6-15H2. The molecule has 0 saturated heterocycles. The van der Waals surface area contributed by atoms with Gasteiger partial charge in [-0.3, -0.25) is 9.59 Å². The van der Waals surface area contributed by atoms with Crippen LogP contribution in [-0.4, -0.2) is 18.5 Å². The molecule has 0 spiro atoms. The molecule has 152 valence electrons. The van der Waals surface area contributed by atoms with Crippen LogP contribution in [0, 0.1) is 29.0 Å². The summed E-state index contributed by atoms with van der Waals surface area (Å²) in [5.74, 6) is 1.27. The molecular formula is C23H29FO4. The summed E-state index contributed by atoms with van der Waals surface area (Å²) in [4.78, 5) is 23.8. The van der Waals surface area contributed by atoms with E-state index in [0.717, 1.165) is 24.2 Å². The summed E-state index contributed by atoms with van der Waals surface area (Å²) < 4.78 is 23.9. The van der Waals surface area contributed by atoms with E-state index < -0.39 is 11.8 Å². The van der Waals surface area contributed by atoms with E-state index in [2.05, 4.69) is 0 Å². The van der Waals surface area contributed by atoms with Crippen LogP contribution < -0.4 is 4.74 Å². The summed E-state index contributed by atoms with van der Waals surface area (Å²) in [6, 6.07) is 5.79. The van der Waals surface area contributed by atoms with Gasteiger partial charge in [0.2, 0.25) is 0 Å². The highest BCUT2D eigenvalue weighted by Gasteiger charge is 2.50. The number of halogens is 1. The van der Waals surface area contributed by atoms with Crippen LogP contribution in [0.3, 0.4) is 0 Å². The summed E-state index contributed by atoms with van der Waals surface area (Å²) >= 11 is 0. The van der Waals surface area contributed by atoms with Gasteiger partial charge in [0.15, 0.2) is 11.6 Å². The maximum absolute atomic E-state index is 13.5. The molecule has 4 aliphatic carbocycles. The molecule has 4 saturated carbocycles. The number of esters is 2. The Morgan fingerprint density at radius 3 is 2.21 bits per heavy atom. The highest BCUT2D eigenvalue weighted by molar-refractivity contribution is 5.74. The minimum atomic E-state index is -0.570. The van der Waals surface area contributed by atoms with Gasteiger partial charge in [0, 0.05) is 12.8 Å². The highest BCUT2D eigenvalue weighted by atomic mass is 19.1. The number of para-hydroxylation sites is 1. The van der Waals surface area contributed by atoms with Crippen molar-refractivity contribution in [3.05, 3.63) is 30.1 Å². The van der Waals surface area contributed by atoms with Gasteiger partial charge in [-0.2, -0.15) is 0 Å². The number of hydrogen-bond donors (Lipinski definition) is 0. The molecule has 0 N–H and O–H groups in total. The van der Waals surface area contributed by atoms with Gasteiger partial charge in [-0.15, -0.1) is 0 Å². The van der Waals surface area contributed by atoms with Crippen molar-refractivity contribution in [3.8, 4) is 5.75 Å². The fraction of sp³-hybridized carbons (Fsp3) is 0.652. The molecule has 4 fully saturated rings. The largest absolute Gasteiger partial charge is 0.466 e. The molecule has 0 radical (unpaired) electrons. The Bertz CT molecular complexity index is 694. The van der Waals surface area contributed by atoms with E-state index in [1.54, 1.807) is 6.07 Å². The second-order valence-corrected chi connectivity index (χ2v) is 9.15. The van der Waals surface area contributed by atoms with Gasteiger partial charge >= 0.3 is 11.9 Å². The third-order valence-electron chi connectivity index (χ3n) is 6.88. The van der Waals surface area contributed by atoms with Gasteiger partial charge in [0.05, 0.1) is 6.61 Å². The Labute approximate surface area is 165 Å². The Kier molecular flexibility index (Phi) is 5.70. The average Bonchev–Trinajstić information content (AvgIpc) is 2.62. The van der Waals surface area contributed by atoms with Crippen molar-refractivity contribution in [1.29, 1.82) is 0 Å². The lowest BCUT2D eigenvalue weighted by Crippen LogP contribution is -2.46. The molecule has 28 heavy (non-hydrogen) atoms. The van der Waals surface area contributed by atoms with Gasteiger partial charge < -0.3 is 9.47 Å². The predicted octanol–water partition coefficient (Wildman–Crippen LogP) is 5.05. The van der Waals surface area contributed by atoms with Crippen LogP contribution in [0.4, 0.5) is 4.39 Å². The van der Waals surface area contributed by atoms with E-state index in [-0.39, 0.29) is 24.6 Å². The first-order chi connectivity index (χ1) is 13.5. The SMILES string of the molecule is O=C(CCCC(=O)Oc1ccccc1F)OCCC12CC3CC(CC(C3)C1)C2. The highest BCUT2D eigenvalue weighted by Crippen LogP contribution is 2.61. The van der Waals surface area contributed by atoms with Crippen molar-refractivity contribution in [1.82, 2.24) is 0 Å². The summed E-state index contributed by atoms with van der Waals surface area (Å²) in [6.07, 6.45) is 9.80. The Hall–Kier alpha value is -1.91. The molecule has 4 bridgehead atoms. The molecule has 0 aliphatic heterocycles. The Balaban J connectivity index is 1.13. The van der Waals surface area contributed by atoms with Crippen molar-refractivity contribution in [2.24, 2.45) is 23.2 Å². The van der Waals surface area contributed by atoms with E-state index in [9.17, 15) is 14.0 Å². The first-order valence-corrected chi connectivity index (χ1v) is 10.6. The third-order valence-corrected chi connectivity index (χ3v) is 6.88. The molecule has 5 heteroatoms. The maximum Gasteiger partial charge on any atom is 0.311 e. The molecular weight excluding hydrogens is 359 g/mol. The molecule has 5 rings (SSSR count). The van der Waals surface area contributed by atoms with Crippen molar-refractivity contribution in [3.63, 3.8) is 0 Å². The summed E-state index contributed by atoms with van der Waals surface area (Å²) in [5, 5.41) is 0. The van der Waals surface area contributed by atoms with Crippen molar-refractivity contribution in [2.45, 2.75) is 64.2 Å². The molecule has 0 unspecified atom stereocenters. The molecule has 4 aliphatic rings. The van der Waals surface area contributed by atoms with Crippen LogP contribution >= 0.6 is 0 Å². The molecule has 0 amide bonds. The fourth-order valence-electron chi connectivity index (χ4n) is 6.13. The number of carbonyl (C=O) groups excluding carboxylic acids is 2. The van der Waals surface area contributed by atoms with Gasteiger partial charge in [0.25, 0.3) is 0 Å². The Morgan fingerprint density at radius 2 is 1.57 bits per heavy atom. The summed E-state index contributed by atoms with van der Waals surface area (Å²) in [6.45, 7) is 0.491. The number of hydrogen-bond acceptors (Lipinski definition) is 4. The van der Waals surface area contributed by atoms with Crippen LogP contribution in [0.15, 0.2) is 24.3 Å². The van der Waals surface area contributed by atoms with E-state index in [0.29, 0.717) is 18.4 Å². The topological polar surface area (TPSA) is 52.6 Å². The molecule has 1 aromatic rings. The van der Waals surface area contributed by atoms with E-state index >= 15 is 0 Å². The van der Waals surface area contributed by atoms with Crippen molar-refractivity contribution < 1.29 is 23.5 Å². The van der Waals surface area contributed by atoms with E-state index in [1.807, 2.05) is 0 Å². The van der Waals surface area contributed by atoms with Gasteiger partial charge in [-0.05, 0) is 86.7 Å². The van der Waals surface area contributed by atoms with Crippen LogP contribution in [-0.2, 0) is 14.3 Å². The average molecular weight is 388 g/mol. The normalized spacial score (nSPS) is 30.2. The second-order valence-electron chi connectivity index (χ2n) is 9.15. The maximum atomic E-state index is 13.5. The molecule has 0 aromatic heterocycles. The molecule has 1 aromatic carbocycles. The van der Waals surface area contributed by atoms with Gasteiger partial charge in [-0.1, -0.05) is 12.1 Å². The first-order valence-electron chi connectivity index (χ1n) is 10.6. The lowest BCUT2D eigenvalue weighted by Gasteiger charge is -2.57. The lowest BCUT2D eigenvalue weighted by molar-refractivity contribution is -0.146. The van der Waals surface area contributed by atoms with E-state index in [1.165, 1.54) is 56.7 Å². The smallest absolute Gasteiger partial charge is 0.311 e. The number of carbonyl (C=O) groups is 2. The minimum Gasteiger partial charge on any atom is -0.466 e. The molecule has 0 atom stereocenters. The predicted molar refractivity (Wildman–Crippen MR) is 102 cm³/mol. The zero-order valence-corrected chi connectivity index (χ0v) is 16.3. The van der Waals surface area contributed by atoms with E-state index in [4.69, 9.17) is 9.47 Å². The van der Waals surface area contributed by atoms with Crippen LogP contribution in [0.25, 0.3) is 0 Å².